The molecule has 2 rings (SSSR count). The second-order valence-electron chi connectivity index (χ2n) is 5.48. The van der Waals surface area contributed by atoms with E-state index >= 15 is 0 Å². The van der Waals surface area contributed by atoms with Gasteiger partial charge in [-0.2, -0.15) is 0 Å². The van der Waals surface area contributed by atoms with Crippen LogP contribution < -0.4 is 15.4 Å². The van der Waals surface area contributed by atoms with Crippen molar-refractivity contribution in [3.05, 3.63) is 29.3 Å². The summed E-state index contributed by atoms with van der Waals surface area (Å²) in [5.41, 5.74) is 2.17. The lowest BCUT2D eigenvalue weighted by molar-refractivity contribution is 0.232. The van der Waals surface area contributed by atoms with Gasteiger partial charge in [0.25, 0.3) is 0 Å². The summed E-state index contributed by atoms with van der Waals surface area (Å²) in [4.78, 5) is 11.9. The number of ether oxygens (including phenoxy) is 1. The number of urea groups is 1. The lowest BCUT2D eigenvalue weighted by Gasteiger charge is -2.23. The molecule has 0 heterocycles. The number of carbonyl (C=O) groups excluding carboxylic acids is 1. The van der Waals surface area contributed by atoms with Crippen LogP contribution in [0.4, 0.5) is 4.79 Å². The summed E-state index contributed by atoms with van der Waals surface area (Å²) in [7, 11) is 1.65. The third-order valence-electron chi connectivity index (χ3n) is 3.82. The molecule has 110 valence electrons. The van der Waals surface area contributed by atoms with Gasteiger partial charge in [-0.1, -0.05) is 37.0 Å². The highest BCUT2D eigenvalue weighted by Crippen LogP contribution is 2.19. The van der Waals surface area contributed by atoms with Gasteiger partial charge in [0.1, 0.15) is 5.75 Å². The molecule has 2 amide bonds. The fourth-order valence-electron chi connectivity index (χ4n) is 2.70. The molecular formula is C16H24N2O2. The maximum atomic E-state index is 11.9. The number of aryl methyl sites for hydroxylation is 1. The largest absolute Gasteiger partial charge is 0.496 e. The molecular weight excluding hydrogens is 252 g/mol. The number of benzene rings is 1. The third kappa shape index (κ3) is 4.15. The molecule has 20 heavy (non-hydrogen) atoms. The zero-order valence-electron chi connectivity index (χ0n) is 12.4. The molecule has 1 aromatic rings. The summed E-state index contributed by atoms with van der Waals surface area (Å²) < 4.78 is 5.31. The van der Waals surface area contributed by atoms with Crippen molar-refractivity contribution in [3.63, 3.8) is 0 Å². The molecule has 0 spiro atoms. The van der Waals surface area contributed by atoms with Gasteiger partial charge in [0, 0.05) is 18.2 Å². The zero-order chi connectivity index (χ0) is 14.4. The highest BCUT2D eigenvalue weighted by Gasteiger charge is 2.15. The van der Waals surface area contributed by atoms with Crippen molar-refractivity contribution in [3.8, 4) is 5.75 Å². The van der Waals surface area contributed by atoms with E-state index in [1.807, 2.05) is 25.1 Å². The van der Waals surface area contributed by atoms with E-state index in [1.54, 1.807) is 7.11 Å². The average Bonchev–Trinajstić information content (AvgIpc) is 2.46. The van der Waals surface area contributed by atoms with Crippen molar-refractivity contribution in [2.24, 2.45) is 0 Å². The number of nitrogens with one attached hydrogen (secondary N) is 2. The van der Waals surface area contributed by atoms with E-state index in [1.165, 1.54) is 19.3 Å². The molecule has 0 bridgehead atoms. The first-order valence-electron chi connectivity index (χ1n) is 7.37. The van der Waals surface area contributed by atoms with Crippen molar-refractivity contribution in [1.82, 2.24) is 10.6 Å². The Morgan fingerprint density at radius 1 is 1.30 bits per heavy atom. The standard InChI is InChI=1S/C16H24N2O2/c1-12-8-9-15(20-2)13(10-12)11-17-16(19)18-14-6-4-3-5-7-14/h8-10,14H,3-7,11H2,1-2H3,(H2,17,18,19). The molecule has 1 saturated carbocycles. The number of hydrogen-bond donors (Lipinski definition) is 2. The fourth-order valence-corrected chi connectivity index (χ4v) is 2.70. The van der Waals surface area contributed by atoms with E-state index in [0.717, 1.165) is 29.7 Å². The molecule has 0 atom stereocenters. The van der Waals surface area contributed by atoms with Crippen LogP contribution in [0.1, 0.15) is 43.2 Å². The fraction of sp³-hybridized carbons (Fsp3) is 0.562. The second-order valence-corrected chi connectivity index (χ2v) is 5.48. The molecule has 1 aromatic carbocycles. The van der Waals surface area contributed by atoms with Crippen LogP contribution in [-0.2, 0) is 6.54 Å². The first kappa shape index (κ1) is 14.7. The highest BCUT2D eigenvalue weighted by atomic mass is 16.5. The van der Waals surface area contributed by atoms with Gasteiger partial charge < -0.3 is 15.4 Å². The first-order valence-corrected chi connectivity index (χ1v) is 7.37. The monoisotopic (exact) mass is 276 g/mol. The van der Waals surface area contributed by atoms with Gasteiger partial charge in [-0.3, -0.25) is 0 Å². The predicted molar refractivity (Wildman–Crippen MR) is 80.0 cm³/mol. The lowest BCUT2D eigenvalue weighted by atomic mass is 9.96. The van der Waals surface area contributed by atoms with Crippen LogP contribution in [0, 0.1) is 6.92 Å². The normalized spacial score (nSPS) is 15.7. The van der Waals surface area contributed by atoms with Gasteiger partial charge in [0.05, 0.1) is 7.11 Å². The van der Waals surface area contributed by atoms with Crippen LogP contribution >= 0.6 is 0 Å². The summed E-state index contributed by atoms with van der Waals surface area (Å²) in [6, 6.07) is 6.24. The minimum Gasteiger partial charge on any atom is -0.496 e. The first-order chi connectivity index (χ1) is 9.69. The van der Waals surface area contributed by atoms with Gasteiger partial charge in [-0.15, -0.1) is 0 Å². The molecule has 4 heteroatoms. The maximum absolute atomic E-state index is 11.9. The topological polar surface area (TPSA) is 50.4 Å². The van der Waals surface area contributed by atoms with Crippen molar-refractivity contribution in [1.29, 1.82) is 0 Å². The van der Waals surface area contributed by atoms with Crippen LogP contribution in [0.15, 0.2) is 18.2 Å². The molecule has 2 N–H and O–H groups in total. The van der Waals surface area contributed by atoms with Gasteiger partial charge in [0.2, 0.25) is 0 Å². The number of methoxy groups -OCH3 is 1. The predicted octanol–water partition coefficient (Wildman–Crippen LogP) is 3.14. The number of hydrogen-bond acceptors (Lipinski definition) is 2. The van der Waals surface area contributed by atoms with E-state index in [0.29, 0.717) is 12.6 Å². The molecule has 4 nitrogen and oxygen atoms in total. The SMILES string of the molecule is COc1ccc(C)cc1CNC(=O)NC1CCCCC1. The summed E-state index contributed by atoms with van der Waals surface area (Å²) in [6.45, 7) is 2.52. The summed E-state index contributed by atoms with van der Waals surface area (Å²) in [5, 5.41) is 5.97. The number of carbonyl (C=O) groups is 1. The van der Waals surface area contributed by atoms with Crippen molar-refractivity contribution in [2.75, 3.05) is 7.11 Å². The van der Waals surface area contributed by atoms with Crippen molar-refractivity contribution < 1.29 is 9.53 Å². The Labute approximate surface area is 120 Å². The average molecular weight is 276 g/mol. The Morgan fingerprint density at radius 2 is 2.05 bits per heavy atom. The molecule has 0 saturated heterocycles. The van der Waals surface area contributed by atoms with E-state index < -0.39 is 0 Å². The second kappa shape index (κ2) is 7.17. The highest BCUT2D eigenvalue weighted by molar-refractivity contribution is 5.74. The third-order valence-corrected chi connectivity index (χ3v) is 3.82. The van der Waals surface area contributed by atoms with Crippen LogP contribution in [0.3, 0.4) is 0 Å². The van der Waals surface area contributed by atoms with Gasteiger partial charge >= 0.3 is 6.03 Å². The molecule has 0 aromatic heterocycles. The minimum atomic E-state index is -0.0829. The minimum absolute atomic E-state index is 0.0829. The van der Waals surface area contributed by atoms with Crippen LogP contribution in [-0.4, -0.2) is 19.2 Å². The Kier molecular flexibility index (Phi) is 5.27. The molecule has 1 fully saturated rings. The summed E-state index contributed by atoms with van der Waals surface area (Å²) in [5.74, 6) is 0.813. The van der Waals surface area contributed by atoms with E-state index in [-0.39, 0.29) is 6.03 Å². The van der Waals surface area contributed by atoms with Crippen LogP contribution in [0.2, 0.25) is 0 Å². The zero-order valence-corrected chi connectivity index (χ0v) is 12.4. The Balaban J connectivity index is 1.84. The van der Waals surface area contributed by atoms with Gasteiger partial charge in [-0.25, -0.2) is 4.79 Å². The van der Waals surface area contributed by atoms with Gasteiger partial charge in [0.15, 0.2) is 0 Å². The van der Waals surface area contributed by atoms with Crippen molar-refractivity contribution >= 4 is 6.03 Å². The lowest BCUT2D eigenvalue weighted by Crippen LogP contribution is -2.42. The van der Waals surface area contributed by atoms with Crippen LogP contribution in [0.25, 0.3) is 0 Å². The molecule has 0 aliphatic heterocycles. The number of amides is 2. The molecule has 1 aliphatic carbocycles. The molecule has 1 aliphatic rings. The number of rotatable bonds is 4. The quantitative estimate of drug-likeness (QED) is 0.887. The Hall–Kier alpha value is -1.71. The van der Waals surface area contributed by atoms with E-state index in [4.69, 9.17) is 4.74 Å². The summed E-state index contributed by atoms with van der Waals surface area (Å²) in [6.07, 6.45) is 5.93. The van der Waals surface area contributed by atoms with E-state index in [2.05, 4.69) is 10.6 Å². The van der Waals surface area contributed by atoms with Crippen LogP contribution in [0.5, 0.6) is 5.75 Å². The van der Waals surface area contributed by atoms with Crippen molar-refractivity contribution in [2.45, 2.75) is 51.6 Å². The maximum Gasteiger partial charge on any atom is 0.315 e. The van der Waals surface area contributed by atoms with Gasteiger partial charge in [-0.05, 0) is 25.8 Å². The molecule has 0 radical (unpaired) electrons. The Bertz CT molecular complexity index is 454. The van der Waals surface area contributed by atoms with E-state index in [9.17, 15) is 4.79 Å². The molecule has 0 unspecified atom stereocenters. The Morgan fingerprint density at radius 3 is 2.75 bits per heavy atom. The summed E-state index contributed by atoms with van der Waals surface area (Å²) >= 11 is 0. The smallest absolute Gasteiger partial charge is 0.315 e.